The molecule has 6 nitrogen and oxygen atoms in total. The third kappa shape index (κ3) is 3.07. The van der Waals surface area contributed by atoms with E-state index in [4.69, 9.17) is 5.11 Å². The second-order valence-electron chi connectivity index (χ2n) is 4.81. The molecule has 1 fully saturated rings. The van der Waals surface area contributed by atoms with Crippen LogP contribution in [0.5, 0.6) is 0 Å². The molecule has 1 aromatic heterocycles. The van der Waals surface area contributed by atoms with Crippen LogP contribution >= 0.6 is 0 Å². The van der Waals surface area contributed by atoms with Gasteiger partial charge in [0.15, 0.2) is 5.82 Å². The number of hydrogen-bond donors (Lipinski definition) is 1. The van der Waals surface area contributed by atoms with Crippen LogP contribution in [0.1, 0.15) is 32.6 Å². The van der Waals surface area contributed by atoms with Gasteiger partial charge in [-0.25, -0.2) is 4.98 Å². The maximum atomic E-state index is 11.8. The first kappa shape index (κ1) is 13.5. The Balaban J connectivity index is 2.20. The van der Waals surface area contributed by atoms with Crippen LogP contribution in [0.4, 0.5) is 5.82 Å². The van der Waals surface area contributed by atoms with Gasteiger partial charge in [0.2, 0.25) is 5.91 Å². The summed E-state index contributed by atoms with van der Waals surface area (Å²) in [5.74, 6) is -0.799. The molecule has 0 aromatic carbocycles. The Labute approximate surface area is 111 Å². The number of rotatable bonds is 3. The normalized spacial score (nSPS) is 22.8. The fraction of sp³-hybridized carbons (Fsp3) is 0.538. The molecule has 6 heteroatoms. The Bertz CT molecular complexity index is 463. The molecule has 0 bridgehead atoms. The zero-order chi connectivity index (χ0) is 13.8. The van der Waals surface area contributed by atoms with E-state index in [0.29, 0.717) is 18.7 Å². The van der Waals surface area contributed by atoms with Crippen molar-refractivity contribution in [2.45, 2.75) is 38.6 Å². The second kappa shape index (κ2) is 5.77. The Morgan fingerprint density at radius 2 is 2.16 bits per heavy atom. The van der Waals surface area contributed by atoms with E-state index < -0.39 is 5.97 Å². The molecular formula is C13H17N3O3. The minimum Gasteiger partial charge on any atom is -0.481 e. The molecular weight excluding hydrogens is 246 g/mol. The van der Waals surface area contributed by atoms with Gasteiger partial charge in [-0.15, -0.1) is 0 Å². The summed E-state index contributed by atoms with van der Waals surface area (Å²) in [5.41, 5.74) is 0. The van der Waals surface area contributed by atoms with Crippen molar-refractivity contribution in [3.05, 3.63) is 18.6 Å². The van der Waals surface area contributed by atoms with Crippen molar-refractivity contribution in [1.29, 1.82) is 0 Å². The summed E-state index contributed by atoms with van der Waals surface area (Å²) in [6.45, 7) is 1.47. The van der Waals surface area contributed by atoms with Gasteiger partial charge >= 0.3 is 5.97 Å². The van der Waals surface area contributed by atoms with E-state index in [1.54, 1.807) is 11.1 Å². The van der Waals surface area contributed by atoms with E-state index in [2.05, 4.69) is 9.97 Å². The van der Waals surface area contributed by atoms with E-state index >= 15 is 0 Å². The van der Waals surface area contributed by atoms with Gasteiger partial charge in [-0.3, -0.25) is 19.5 Å². The number of carboxylic acid groups (broad SMARTS) is 1. The van der Waals surface area contributed by atoms with E-state index in [0.717, 1.165) is 12.8 Å². The molecule has 0 spiro atoms. The lowest BCUT2D eigenvalue weighted by Gasteiger charge is -2.34. The average Bonchev–Trinajstić information content (AvgIpc) is 2.40. The smallest absolute Gasteiger partial charge is 0.306 e. The van der Waals surface area contributed by atoms with Gasteiger partial charge in [0.25, 0.3) is 0 Å². The number of hydrogen-bond acceptors (Lipinski definition) is 4. The summed E-state index contributed by atoms with van der Waals surface area (Å²) in [5, 5.41) is 9.12. The van der Waals surface area contributed by atoms with Crippen LogP contribution in [0.25, 0.3) is 0 Å². The Morgan fingerprint density at radius 1 is 1.37 bits per heavy atom. The molecule has 1 aliphatic carbocycles. The average molecular weight is 263 g/mol. The summed E-state index contributed by atoms with van der Waals surface area (Å²) < 4.78 is 0. The molecule has 1 aliphatic rings. The lowest BCUT2D eigenvalue weighted by Crippen LogP contribution is -2.43. The molecule has 2 atom stereocenters. The van der Waals surface area contributed by atoms with Crippen molar-refractivity contribution in [2.24, 2.45) is 5.92 Å². The number of aromatic nitrogens is 2. The highest BCUT2D eigenvalue weighted by Crippen LogP contribution is 2.30. The largest absolute Gasteiger partial charge is 0.481 e. The summed E-state index contributed by atoms with van der Waals surface area (Å²) in [6.07, 6.45) is 7.38. The number of carbonyl (C=O) groups excluding carboxylic acids is 1. The first-order chi connectivity index (χ1) is 9.09. The molecule has 1 aromatic rings. The zero-order valence-corrected chi connectivity index (χ0v) is 10.8. The molecule has 0 radical (unpaired) electrons. The maximum absolute atomic E-state index is 11.8. The SMILES string of the molecule is CC(=O)N(c1cnccn1)C1CCCC(C(=O)O)C1. The molecule has 1 saturated carbocycles. The Morgan fingerprint density at radius 3 is 2.74 bits per heavy atom. The van der Waals surface area contributed by atoms with Crippen LogP contribution in [0.15, 0.2) is 18.6 Å². The maximum Gasteiger partial charge on any atom is 0.306 e. The van der Waals surface area contributed by atoms with Crippen LogP contribution in [0.2, 0.25) is 0 Å². The Hall–Kier alpha value is -1.98. The third-order valence-corrected chi connectivity index (χ3v) is 3.50. The van der Waals surface area contributed by atoms with Crippen molar-refractivity contribution in [3.8, 4) is 0 Å². The summed E-state index contributed by atoms with van der Waals surface area (Å²) >= 11 is 0. The molecule has 2 unspecified atom stereocenters. The highest BCUT2D eigenvalue weighted by atomic mass is 16.4. The summed E-state index contributed by atoms with van der Waals surface area (Å²) in [6, 6.07) is -0.107. The van der Waals surface area contributed by atoms with Crippen LogP contribution in [0, 0.1) is 5.92 Å². The number of aliphatic carboxylic acids is 1. The molecule has 1 heterocycles. The molecule has 1 amide bonds. The fourth-order valence-electron chi connectivity index (χ4n) is 2.64. The number of amides is 1. The number of nitrogens with zero attached hydrogens (tertiary/aromatic N) is 3. The predicted molar refractivity (Wildman–Crippen MR) is 68.6 cm³/mol. The molecule has 0 aliphatic heterocycles. The molecule has 0 saturated heterocycles. The predicted octanol–water partition coefficient (Wildman–Crippen LogP) is 1.47. The highest BCUT2D eigenvalue weighted by molar-refractivity contribution is 5.91. The van der Waals surface area contributed by atoms with Gasteiger partial charge in [0.05, 0.1) is 12.1 Å². The summed E-state index contributed by atoms with van der Waals surface area (Å²) in [7, 11) is 0. The van der Waals surface area contributed by atoms with Gasteiger partial charge in [0.1, 0.15) is 0 Å². The van der Waals surface area contributed by atoms with Gasteiger partial charge < -0.3 is 5.11 Å². The van der Waals surface area contributed by atoms with Crippen molar-refractivity contribution < 1.29 is 14.7 Å². The minimum absolute atomic E-state index is 0.107. The van der Waals surface area contributed by atoms with Crippen LogP contribution < -0.4 is 4.90 Å². The number of anilines is 1. The van der Waals surface area contributed by atoms with Gasteiger partial charge in [-0.1, -0.05) is 6.42 Å². The van der Waals surface area contributed by atoms with Crippen molar-refractivity contribution >= 4 is 17.7 Å². The number of carboxylic acids is 1. The lowest BCUT2D eigenvalue weighted by atomic mass is 9.85. The fourth-order valence-corrected chi connectivity index (χ4v) is 2.64. The quantitative estimate of drug-likeness (QED) is 0.892. The van der Waals surface area contributed by atoms with Gasteiger partial charge in [-0.2, -0.15) is 0 Å². The van der Waals surface area contributed by atoms with Crippen LogP contribution in [0.3, 0.4) is 0 Å². The van der Waals surface area contributed by atoms with Crippen LogP contribution in [-0.2, 0) is 9.59 Å². The monoisotopic (exact) mass is 263 g/mol. The van der Waals surface area contributed by atoms with Crippen LogP contribution in [-0.4, -0.2) is 33.0 Å². The van der Waals surface area contributed by atoms with Gasteiger partial charge in [0, 0.05) is 25.4 Å². The topological polar surface area (TPSA) is 83.4 Å². The molecule has 2 rings (SSSR count). The summed E-state index contributed by atoms with van der Waals surface area (Å²) in [4.78, 5) is 32.6. The standard InChI is InChI=1S/C13H17N3O3/c1-9(17)16(12-8-14-5-6-15-12)11-4-2-3-10(7-11)13(18)19/h5-6,8,10-11H,2-4,7H2,1H3,(H,18,19). The van der Waals surface area contributed by atoms with E-state index in [1.165, 1.54) is 19.3 Å². The van der Waals surface area contributed by atoms with E-state index in [-0.39, 0.29) is 17.9 Å². The highest BCUT2D eigenvalue weighted by Gasteiger charge is 2.32. The third-order valence-electron chi connectivity index (χ3n) is 3.50. The molecule has 102 valence electrons. The van der Waals surface area contributed by atoms with Crippen molar-refractivity contribution in [1.82, 2.24) is 9.97 Å². The van der Waals surface area contributed by atoms with Crippen molar-refractivity contribution in [2.75, 3.05) is 4.90 Å². The zero-order valence-electron chi connectivity index (χ0n) is 10.8. The number of carbonyl (C=O) groups is 2. The van der Waals surface area contributed by atoms with E-state index in [9.17, 15) is 9.59 Å². The molecule has 19 heavy (non-hydrogen) atoms. The lowest BCUT2D eigenvalue weighted by molar-refractivity contribution is -0.143. The molecule has 1 N–H and O–H groups in total. The minimum atomic E-state index is -0.785. The van der Waals surface area contributed by atoms with E-state index in [1.807, 2.05) is 0 Å². The second-order valence-corrected chi connectivity index (χ2v) is 4.81. The first-order valence-corrected chi connectivity index (χ1v) is 6.38. The Kier molecular flexibility index (Phi) is 4.09. The van der Waals surface area contributed by atoms with Crippen molar-refractivity contribution in [3.63, 3.8) is 0 Å². The first-order valence-electron chi connectivity index (χ1n) is 6.38. The van der Waals surface area contributed by atoms with Gasteiger partial charge in [-0.05, 0) is 19.3 Å².